The summed E-state index contributed by atoms with van der Waals surface area (Å²) in [5.74, 6) is 0.515. The summed E-state index contributed by atoms with van der Waals surface area (Å²) in [7, 11) is 0. The Morgan fingerprint density at radius 1 is 1.10 bits per heavy atom. The van der Waals surface area contributed by atoms with Crippen LogP contribution in [0.25, 0.3) is 0 Å². The molecule has 0 heterocycles. The first-order valence-electron chi connectivity index (χ1n) is 7.44. The zero-order valence-electron chi connectivity index (χ0n) is 11.9. The van der Waals surface area contributed by atoms with E-state index in [0.29, 0.717) is 5.92 Å². The Bertz CT molecular complexity index is 592. The first kappa shape index (κ1) is 15.5. The fourth-order valence-electron chi connectivity index (χ4n) is 2.60. The third kappa shape index (κ3) is 4.54. The molecular weight excluding hydrogens is 437 g/mol. The summed E-state index contributed by atoms with van der Waals surface area (Å²) in [6.45, 7) is 1.05. The minimum atomic E-state index is 0.515. The van der Waals surface area contributed by atoms with Crippen LogP contribution in [0.5, 0.6) is 0 Å². The van der Waals surface area contributed by atoms with Crippen molar-refractivity contribution in [2.75, 3.05) is 6.54 Å². The summed E-state index contributed by atoms with van der Waals surface area (Å²) in [4.78, 5) is 0. The molecule has 0 bridgehead atoms. The van der Waals surface area contributed by atoms with E-state index in [1.54, 1.807) is 0 Å². The van der Waals surface area contributed by atoms with E-state index < -0.39 is 0 Å². The van der Waals surface area contributed by atoms with Crippen molar-refractivity contribution >= 4 is 38.5 Å². The highest BCUT2D eigenvalue weighted by Gasteiger charge is 2.23. The van der Waals surface area contributed by atoms with E-state index in [4.69, 9.17) is 0 Å². The standard InChI is InChI=1S/C18H19BrIN/c19-18-4-2-1-3-17(18)14(12-21-16-9-10-16)11-13-5-7-15(20)8-6-13/h1-8,14,16,21H,9-12H2. The Morgan fingerprint density at radius 2 is 1.81 bits per heavy atom. The minimum Gasteiger partial charge on any atom is -0.313 e. The van der Waals surface area contributed by atoms with Crippen molar-refractivity contribution in [3.05, 3.63) is 67.7 Å². The molecule has 110 valence electrons. The average Bonchev–Trinajstić information content (AvgIpc) is 3.30. The van der Waals surface area contributed by atoms with Crippen LogP contribution in [-0.2, 0) is 6.42 Å². The molecule has 2 aromatic carbocycles. The Labute approximate surface area is 148 Å². The smallest absolute Gasteiger partial charge is 0.0210 e. The van der Waals surface area contributed by atoms with Crippen LogP contribution in [0.4, 0.5) is 0 Å². The lowest BCUT2D eigenvalue weighted by molar-refractivity contribution is 0.575. The number of hydrogen-bond acceptors (Lipinski definition) is 1. The molecule has 3 heteroatoms. The van der Waals surface area contributed by atoms with Gasteiger partial charge in [-0.2, -0.15) is 0 Å². The molecule has 1 fully saturated rings. The zero-order chi connectivity index (χ0) is 14.7. The van der Waals surface area contributed by atoms with Crippen molar-refractivity contribution in [3.63, 3.8) is 0 Å². The molecule has 0 amide bonds. The minimum absolute atomic E-state index is 0.515. The number of benzene rings is 2. The second-order valence-electron chi connectivity index (χ2n) is 5.73. The molecule has 1 nitrogen and oxygen atoms in total. The molecule has 2 aromatic rings. The first-order chi connectivity index (χ1) is 10.2. The van der Waals surface area contributed by atoms with E-state index in [2.05, 4.69) is 92.4 Å². The predicted octanol–water partition coefficient (Wildman–Crippen LogP) is 5.13. The molecule has 1 saturated carbocycles. The summed E-state index contributed by atoms with van der Waals surface area (Å²) in [5.41, 5.74) is 2.82. The first-order valence-corrected chi connectivity index (χ1v) is 9.32. The summed E-state index contributed by atoms with van der Waals surface area (Å²) >= 11 is 6.08. The van der Waals surface area contributed by atoms with Gasteiger partial charge in [-0.05, 0) is 71.2 Å². The number of hydrogen-bond donors (Lipinski definition) is 1. The second kappa shape index (κ2) is 7.25. The highest BCUT2D eigenvalue weighted by Crippen LogP contribution is 2.29. The fourth-order valence-corrected chi connectivity index (χ4v) is 3.57. The maximum atomic E-state index is 3.72. The van der Waals surface area contributed by atoms with Crippen molar-refractivity contribution in [1.29, 1.82) is 0 Å². The molecule has 1 atom stereocenters. The Balaban J connectivity index is 1.77. The van der Waals surface area contributed by atoms with Gasteiger partial charge in [0, 0.05) is 26.5 Å². The van der Waals surface area contributed by atoms with Gasteiger partial charge in [0.25, 0.3) is 0 Å². The molecule has 0 aliphatic heterocycles. The average molecular weight is 456 g/mol. The highest BCUT2D eigenvalue weighted by molar-refractivity contribution is 14.1. The van der Waals surface area contributed by atoms with E-state index in [0.717, 1.165) is 19.0 Å². The van der Waals surface area contributed by atoms with Gasteiger partial charge in [0.2, 0.25) is 0 Å². The molecule has 0 spiro atoms. The number of rotatable bonds is 6. The van der Waals surface area contributed by atoms with Gasteiger partial charge in [-0.3, -0.25) is 0 Å². The molecule has 1 N–H and O–H groups in total. The van der Waals surface area contributed by atoms with Gasteiger partial charge in [-0.15, -0.1) is 0 Å². The molecule has 0 saturated heterocycles. The summed E-state index contributed by atoms with van der Waals surface area (Å²) in [5, 5.41) is 3.69. The van der Waals surface area contributed by atoms with Crippen molar-refractivity contribution < 1.29 is 0 Å². The highest BCUT2D eigenvalue weighted by atomic mass is 127. The normalized spacial score (nSPS) is 15.9. The summed E-state index contributed by atoms with van der Waals surface area (Å²) < 4.78 is 2.52. The molecule has 1 aliphatic rings. The van der Waals surface area contributed by atoms with Crippen LogP contribution in [0.3, 0.4) is 0 Å². The van der Waals surface area contributed by atoms with Crippen molar-refractivity contribution in [2.24, 2.45) is 0 Å². The lowest BCUT2D eigenvalue weighted by Crippen LogP contribution is -2.25. The van der Waals surface area contributed by atoms with E-state index in [1.807, 2.05) is 0 Å². The van der Waals surface area contributed by atoms with Gasteiger partial charge in [-0.25, -0.2) is 0 Å². The van der Waals surface area contributed by atoms with Crippen molar-refractivity contribution in [1.82, 2.24) is 5.32 Å². The maximum absolute atomic E-state index is 3.72. The molecule has 0 radical (unpaired) electrons. The quantitative estimate of drug-likeness (QED) is 0.595. The molecule has 3 rings (SSSR count). The molecular formula is C18H19BrIN. The molecule has 0 aromatic heterocycles. The third-order valence-corrected chi connectivity index (χ3v) is 5.41. The number of nitrogens with one attached hydrogen (secondary N) is 1. The van der Waals surface area contributed by atoms with Gasteiger partial charge in [0.1, 0.15) is 0 Å². The van der Waals surface area contributed by atoms with Crippen molar-refractivity contribution in [3.8, 4) is 0 Å². The van der Waals surface area contributed by atoms with Gasteiger partial charge >= 0.3 is 0 Å². The predicted molar refractivity (Wildman–Crippen MR) is 101 cm³/mol. The Kier molecular flexibility index (Phi) is 5.35. The topological polar surface area (TPSA) is 12.0 Å². The van der Waals surface area contributed by atoms with E-state index in [9.17, 15) is 0 Å². The van der Waals surface area contributed by atoms with Crippen LogP contribution in [0, 0.1) is 3.57 Å². The van der Waals surface area contributed by atoms with E-state index in [-0.39, 0.29) is 0 Å². The van der Waals surface area contributed by atoms with Gasteiger partial charge < -0.3 is 5.32 Å². The lowest BCUT2D eigenvalue weighted by Gasteiger charge is -2.20. The Morgan fingerprint density at radius 3 is 2.48 bits per heavy atom. The Hall–Kier alpha value is -0.390. The van der Waals surface area contributed by atoms with E-state index >= 15 is 0 Å². The van der Waals surface area contributed by atoms with Crippen LogP contribution in [-0.4, -0.2) is 12.6 Å². The molecule has 1 aliphatic carbocycles. The molecule has 1 unspecified atom stereocenters. The van der Waals surface area contributed by atoms with Crippen LogP contribution in [0.15, 0.2) is 53.0 Å². The van der Waals surface area contributed by atoms with Crippen LogP contribution in [0.2, 0.25) is 0 Å². The summed E-state index contributed by atoms with van der Waals surface area (Å²) in [6, 6.07) is 18.3. The fraction of sp³-hybridized carbons (Fsp3) is 0.333. The summed E-state index contributed by atoms with van der Waals surface area (Å²) in [6.07, 6.45) is 3.76. The lowest BCUT2D eigenvalue weighted by atomic mass is 9.92. The largest absolute Gasteiger partial charge is 0.313 e. The van der Waals surface area contributed by atoms with Crippen molar-refractivity contribution in [2.45, 2.75) is 31.2 Å². The van der Waals surface area contributed by atoms with Crippen LogP contribution >= 0.6 is 38.5 Å². The zero-order valence-corrected chi connectivity index (χ0v) is 15.6. The molecule has 21 heavy (non-hydrogen) atoms. The second-order valence-corrected chi connectivity index (χ2v) is 7.83. The van der Waals surface area contributed by atoms with Gasteiger partial charge in [-0.1, -0.05) is 46.3 Å². The van der Waals surface area contributed by atoms with Crippen LogP contribution in [0.1, 0.15) is 29.9 Å². The maximum Gasteiger partial charge on any atom is 0.0210 e. The SMILES string of the molecule is Brc1ccccc1C(CNC1CC1)Cc1ccc(I)cc1. The number of halogens is 2. The third-order valence-electron chi connectivity index (χ3n) is 3.97. The monoisotopic (exact) mass is 455 g/mol. The van der Waals surface area contributed by atoms with Gasteiger partial charge in [0.05, 0.1) is 0 Å². The van der Waals surface area contributed by atoms with Gasteiger partial charge in [0.15, 0.2) is 0 Å². The van der Waals surface area contributed by atoms with Crippen LogP contribution < -0.4 is 5.32 Å². The van der Waals surface area contributed by atoms with E-state index in [1.165, 1.54) is 32.0 Å².